The van der Waals surface area contributed by atoms with Gasteiger partial charge < -0.3 is 104 Å². The normalized spacial score (nSPS) is 15.1. The number of carboxylic acid groups (broad SMARTS) is 1. The van der Waals surface area contributed by atoms with E-state index in [4.69, 9.17) is 40.1 Å². The number of amides is 11. The van der Waals surface area contributed by atoms with Gasteiger partial charge in [0.05, 0.1) is 6.04 Å². The van der Waals surface area contributed by atoms with E-state index in [0.29, 0.717) is 90.1 Å². The van der Waals surface area contributed by atoms with E-state index >= 15 is 0 Å². The predicted molar refractivity (Wildman–Crippen MR) is 370 cm³/mol. The number of nitrogens with one attached hydrogen (secondary N) is 11. The van der Waals surface area contributed by atoms with Gasteiger partial charge in [0.15, 0.2) is 0 Å². The predicted octanol–water partition coefficient (Wildman–Crippen LogP) is -2.24. The lowest BCUT2D eigenvalue weighted by molar-refractivity contribution is -0.143. The molecule has 31 nitrogen and oxygen atoms in total. The molecule has 26 N–H and O–H groups in total. The molecule has 0 aliphatic rings. The molecule has 1 aromatic rings. The first-order chi connectivity index (χ1) is 46.0. The van der Waals surface area contributed by atoms with Crippen molar-refractivity contribution in [2.24, 2.45) is 57.9 Å². The second kappa shape index (κ2) is 49.1. The second-order valence-corrected chi connectivity index (χ2v) is 25.9. The van der Waals surface area contributed by atoms with Gasteiger partial charge in [-0.1, -0.05) is 71.9 Å². The quantitative estimate of drug-likeness (QED) is 0.0307. The summed E-state index contributed by atoms with van der Waals surface area (Å²) in [4.78, 5) is 166. The fourth-order valence-electron chi connectivity index (χ4n) is 10.3. The van der Waals surface area contributed by atoms with Crippen LogP contribution in [0, 0.1) is 17.8 Å². The number of unbranched alkanes of at least 4 members (excludes halogenated alkanes) is 6. The maximum Gasteiger partial charge on any atom is 0.326 e. The van der Waals surface area contributed by atoms with Crippen LogP contribution < -0.4 is 98.6 Å². The zero-order valence-electron chi connectivity index (χ0n) is 58.6. The highest BCUT2D eigenvalue weighted by molar-refractivity contribution is 5.99. The third-order valence-corrected chi connectivity index (χ3v) is 16.3. The number of aliphatic carboxylic acids is 1. The number of carbonyl (C=O) groups excluding carboxylic acids is 11. The first-order valence-corrected chi connectivity index (χ1v) is 34.6. The average molecular weight is 1370 g/mol. The average Bonchev–Trinajstić information content (AvgIpc) is 0.961. The van der Waals surface area contributed by atoms with Gasteiger partial charge in [0.1, 0.15) is 66.5 Å². The monoisotopic (exact) mass is 1370 g/mol. The van der Waals surface area contributed by atoms with Gasteiger partial charge in [-0.3, -0.25) is 52.7 Å². The van der Waals surface area contributed by atoms with E-state index in [-0.39, 0.29) is 71.1 Å². The summed E-state index contributed by atoms with van der Waals surface area (Å²) in [6.45, 7) is 14.5. The minimum atomic E-state index is -1.30. The molecule has 552 valence electrons. The van der Waals surface area contributed by atoms with Gasteiger partial charge in [-0.25, -0.2) is 4.79 Å². The Kier molecular flexibility index (Phi) is 44.4. The molecule has 0 aliphatic carbocycles. The lowest BCUT2D eigenvalue weighted by Gasteiger charge is -2.29. The number of hydrogen-bond acceptors (Lipinski definition) is 19. The SMILES string of the molecule is CC(C)[C@H](NC(=O)[C@H](CCCCN)NC(=O)[C@H](C)NC(=O)[C@H](CCCCN)NC(=O)[C@@H](NC(=O)[C@H](CCCCN)NC(=O)[C@H](C)NC(=O)[C@H](CCCCN)NC(=O)[C@@H](NC(=O)[C@H](CCCCN)NC(=O)[C@@H](N)Cc1ccccc1)C(C)C)C(C)C)C(=O)N[C@@H](CCCCN)C(=O)O. The van der Waals surface area contributed by atoms with E-state index in [1.165, 1.54) is 13.8 Å². The number of rotatable bonds is 52. The van der Waals surface area contributed by atoms with E-state index < -0.39 is 161 Å². The lowest BCUT2D eigenvalue weighted by Crippen LogP contribution is -2.61. The number of nitrogens with two attached hydrogens (primary N) is 7. The Labute approximate surface area is 572 Å². The lowest BCUT2D eigenvalue weighted by atomic mass is 10.00. The van der Waals surface area contributed by atoms with Crippen molar-refractivity contribution in [1.82, 2.24) is 58.5 Å². The largest absolute Gasteiger partial charge is 0.480 e. The Hall–Kier alpha value is -7.42. The standard InChI is InChI=1S/C66H120N18O13/c1-39(2)52(63(93)79-46(26-12-18-32-67)58(88)75-43(8)56(86)77-49(29-15-21-35-70)61(91)84-54(41(5)6)65(95)81-51(66(96)97)31-17-23-37-72)82-60(90)48(28-14-20-34-69)76-55(85)42(7)74-59(89)47(27-13-19-33-68)80-64(94)53(40(3)4)83-62(92)50(30-16-22-36-71)78-57(87)45(73)38-44-24-10-9-11-25-44/h9-11,24-25,39-43,45-54H,12-23,26-38,67-73H2,1-8H3,(H,74,89)(H,75,88)(H,76,85)(H,77,86)(H,78,87)(H,79,93)(H,80,94)(H,81,95)(H,82,90)(H,83,92)(H,84,91)(H,96,97)/t42-,43-,45-,46-,47-,48-,49-,50-,51-,52-,53-,54-/m0/s1. The first kappa shape index (κ1) is 87.6. The van der Waals surface area contributed by atoms with Crippen LogP contribution in [0.4, 0.5) is 0 Å². The van der Waals surface area contributed by atoms with Gasteiger partial charge in [0, 0.05) is 0 Å². The highest BCUT2D eigenvalue weighted by Gasteiger charge is 2.37. The minimum absolute atomic E-state index is 0.0520. The van der Waals surface area contributed by atoms with Crippen LogP contribution in [-0.2, 0) is 64.0 Å². The maximum absolute atomic E-state index is 14.3. The molecule has 0 fully saturated rings. The van der Waals surface area contributed by atoms with E-state index in [1.54, 1.807) is 41.5 Å². The van der Waals surface area contributed by atoms with Gasteiger partial charge in [0.25, 0.3) is 0 Å². The minimum Gasteiger partial charge on any atom is -0.480 e. The van der Waals surface area contributed by atoms with Crippen LogP contribution in [0.3, 0.4) is 0 Å². The third kappa shape index (κ3) is 34.6. The summed E-state index contributed by atoms with van der Waals surface area (Å²) in [6.07, 6.45) is 6.20. The van der Waals surface area contributed by atoms with Crippen LogP contribution in [0.25, 0.3) is 0 Å². The number of benzene rings is 1. The van der Waals surface area contributed by atoms with Gasteiger partial charge in [-0.15, -0.1) is 0 Å². The van der Waals surface area contributed by atoms with Crippen molar-refractivity contribution in [3.05, 3.63) is 35.9 Å². The van der Waals surface area contributed by atoms with E-state index in [9.17, 15) is 62.6 Å². The Morgan fingerprint density at radius 1 is 0.309 bits per heavy atom. The van der Waals surface area contributed by atoms with Crippen LogP contribution in [0.5, 0.6) is 0 Å². The van der Waals surface area contributed by atoms with Crippen molar-refractivity contribution < 1.29 is 62.6 Å². The molecule has 0 heterocycles. The molecule has 12 atom stereocenters. The van der Waals surface area contributed by atoms with Gasteiger partial charge in [0.2, 0.25) is 65.0 Å². The van der Waals surface area contributed by atoms with Crippen molar-refractivity contribution in [1.29, 1.82) is 0 Å². The molecule has 0 radical (unpaired) electrons. The molecule has 0 aliphatic heterocycles. The molecular weight excluding hydrogens is 1250 g/mol. The molecular formula is C66H120N18O13. The van der Waals surface area contributed by atoms with Gasteiger partial charge >= 0.3 is 5.97 Å². The molecule has 0 spiro atoms. The first-order valence-electron chi connectivity index (χ1n) is 34.6. The van der Waals surface area contributed by atoms with E-state index in [0.717, 1.165) is 5.56 Å². The Morgan fingerprint density at radius 2 is 0.546 bits per heavy atom. The molecule has 0 bridgehead atoms. The fraction of sp³-hybridized carbons (Fsp3) is 0.727. The summed E-state index contributed by atoms with van der Waals surface area (Å²) in [6, 6.07) is -5.40. The number of hydrogen-bond donors (Lipinski definition) is 19. The smallest absolute Gasteiger partial charge is 0.326 e. The van der Waals surface area contributed by atoms with Crippen LogP contribution in [0.15, 0.2) is 30.3 Å². The molecule has 0 aromatic heterocycles. The van der Waals surface area contributed by atoms with Crippen LogP contribution in [0.2, 0.25) is 0 Å². The fourth-order valence-corrected chi connectivity index (χ4v) is 10.3. The van der Waals surface area contributed by atoms with Gasteiger partial charge in [-0.05, 0) is 198 Å². The number of carbonyl (C=O) groups is 12. The summed E-state index contributed by atoms with van der Waals surface area (Å²) in [5, 5.41) is 39.2. The Bertz CT molecular complexity index is 2590. The molecule has 97 heavy (non-hydrogen) atoms. The molecule has 0 unspecified atom stereocenters. The Balaban J connectivity index is 3.37. The topological polar surface area (TPSA) is 540 Å². The van der Waals surface area contributed by atoms with Crippen LogP contribution >= 0.6 is 0 Å². The zero-order valence-corrected chi connectivity index (χ0v) is 58.6. The highest BCUT2D eigenvalue weighted by Crippen LogP contribution is 2.14. The van der Waals surface area contributed by atoms with Crippen molar-refractivity contribution >= 4 is 70.9 Å². The second-order valence-electron chi connectivity index (χ2n) is 25.9. The van der Waals surface area contributed by atoms with Gasteiger partial charge in [-0.2, -0.15) is 0 Å². The Morgan fingerprint density at radius 3 is 0.804 bits per heavy atom. The summed E-state index contributed by atoms with van der Waals surface area (Å²) in [5.74, 6) is -10.9. The van der Waals surface area contributed by atoms with Crippen LogP contribution in [-0.4, -0.2) is 188 Å². The molecule has 1 aromatic carbocycles. The molecule has 31 heteroatoms. The summed E-state index contributed by atoms with van der Waals surface area (Å²) >= 11 is 0. The number of carboxylic acids is 1. The molecule has 0 saturated heterocycles. The highest BCUT2D eigenvalue weighted by atomic mass is 16.4. The molecule has 0 saturated carbocycles. The summed E-state index contributed by atoms with van der Waals surface area (Å²) in [5.41, 5.74) is 41.5. The maximum atomic E-state index is 14.3. The van der Waals surface area contributed by atoms with Crippen LogP contribution in [0.1, 0.15) is 177 Å². The van der Waals surface area contributed by atoms with E-state index in [1.807, 2.05) is 30.3 Å². The third-order valence-electron chi connectivity index (χ3n) is 16.3. The van der Waals surface area contributed by atoms with Crippen molar-refractivity contribution in [2.75, 3.05) is 39.3 Å². The van der Waals surface area contributed by atoms with Crippen molar-refractivity contribution in [3.8, 4) is 0 Å². The summed E-state index contributed by atoms with van der Waals surface area (Å²) in [7, 11) is 0. The molecule has 1 rings (SSSR count). The van der Waals surface area contributed by atoms with E-state index in [2.05, 4.69) is 58.5 Å². The summed E-state index contributed by atoms with van der Waals surface area (Å²) < 4.78 is 0. The van der Waals surface area contributed by atoms with Crippen molar-refractivity contribution in [2.45, 2.75) is 250 Å². The zero-order chi connectivity index (χ0) is 73.2. The van der Waals surface area contributed by atoms with Crippen molar-refractivity contribution in [3.63, 3.8) is 0 Å². The molecule has 11 amide bonds.